The SMILES string of the molecule is Cn1c2c(c3cc(N4CCCC4)ccc31)C(=O)c1cnccc1C2=O. The molecular weight excluding hydrogens is 314 g/mol. The Morgan fingerprint density at radius 1 is 1.00 bits per heavy atom. The van der Waals surface area contributed by atoms with Gasteiger partial charge in [-0.2, -0.15) is 0 Å². The molecule has 3 heterocycles. The van der Waals surface area contributed by atoms with E-state index in [2.05, 4.69) is 22.0 Å². The number of carbonyl (C=O) groups is 2. The number of pyridine rings is 1. The number of anilines is 1. The number of benzene rings is 1. The molecule has 0 unspecified atom stereocenters. The van der Waals surface area contributed by atoms with Crippen LogP contribution in [0.1, 0.15) is 44.8 Å². The summed E-state index contributed by atoms with van der Waals surface area (Å²) in [5.41, 5.74) is 3.88. The van der Waals surface area contributed by atoms with Crippen LogP contribution in [-0.4, -0.2) is 34.2 Å². The summed E-state index contributed by atoms with van der Waals surface area (Å²) in [6, 6.07) is 7.80. The van der Waals surface area contributed by atoms with Crippen molar-refractivity contribution in [3.63, 3.8) is 0 Å². The third-order valence-electron chi connectivity index (χ3n) is 5.41. The van der Waals surface area contributed by atoms with Crippen LogP contribution in [0.2, 0.25) is 0 Å². The normalized spacial score (nSPS) is 16.4. The van der Waals surface area contributed by atoms with E-state index in [1.807, 2.05) is 17.7 Å². The molecule has 1 aromatic carbocycles. The zero-order valence-corrected chi connectivity index (χ0v) is 14.0. The average Bonchev–Trinajstić information content (AvgIpc) is 3.27. The van der Waals surface area contributed by atoms with Gasteiger partial charge in [-0.1, -0.05) is 0 Å². The Morgan fingerprint density at radius 2 is 1.80 bits per heavy atom. The molecule has 0 N–H and O–H groups in total. The molecule has 5 heteroatoms. The first-order chi connectivity index (χ1) is 12.2. The Morgan fingerprint density at radius 3 is 2.60 bits per heavy atom. The number of nitrogens with zero attached hydrogens (tertiary/aromatic N) is 3. The van der Waals surface area contributed by atoms with Gasteiger partial charge >= 0.3 is 0 Å². The fraction of sp³-hybridized carbons (Fsp3) is 0.250. The van der Waals surface area contributed by atoms with Crippen LogP contribution in [0.25, 0.3) is 10.9 Å². The van der Waals surface area contributed by atoms with Crippen molar-refractivity contribution in [2.75, 3.05) is 18.0 Å². The van der Waals surface area contributed by atoms with Crippen LogP contribution in [0.15, 0.2) is 36.7 Å². The molecule has 0 amide bonds. The van der Waals surface area contributed by atoms with E-state index in [-0.39, 0.29) is 11.6 Å². The lowest BCUT2D eigenvalue weighted by atomic mass is 9.88. The monoisotopic (exact) mass is 331 g/mol. The van der Waals surface area contributed by atoms with Gasteiger partial charge in [-0.25, -0.2) is 0 Å². The third kappa shape index (κ3) is 1.86. The second-order valence-electron chi connectivity index (χ2n) is 6.76. The zero-order chi connectivity index (χ0) is 17.1. The van der Waals surface area contributed by atoms with Crippen LogP contribution in [-0.2, 0) is 7.05 Å². The van der Waals surface area contributed by atoms with Crippen molar-refractivity contribution in [2.45, 2.75) is 12.8 Å². The molecule has 1 saturated heterocycles. The predicted octanol–water partition coefficient (Wildman–Crippen LogP) is 2.95. The van der Waals surface area contributed by atoms with Crippen molar-refractivity contribution in [3.8, 4) is 0 Å². The van der Waals surface area contributed by atoms with Gasteiger partial charge in [0.2, 0.25) is 5.78 Å². The van der Waals surface area contributed by atoms with Crippen LogP contribution >= 0.6 is 0 Å². The van der Waals surface area contributed by atoms with Crippen molar-refractivity contribution in [2.24, 2.45) is 7.05 Å². The summed E-state index contributed by atoms with van der Waals surface area (Å²) in [5, 5.41) is 0.856. The molecule has 0 saturated carbocycles. The average molecular weight is 331 g/mol. The first kappa shape index (κ1) is 14.4. The van der Waals surface area contributed by atoms with Crippen molar-refractivity contribution in [3.05, 3.63) is 59.0 Å². The summed E-state index contributed by atoms with van der Waals surface area (Å²) >= 11 is 0. The van der Waals surface area contributed by atoms with E-state index in [0.29, 0.717) is 22.4 Å². The van der Waals surface area contributed by atoms with Gasteiger partial charge in [0.1, 0.15) is 5.69 Å². The zero-order valence-electron chi connectivity index (χ0n) is 14.0. The molecule has 0 spiro atoms. The lowest BCUT2D eigenvalue weighted by Crippen LogP contribution is -2.22. The molecule has 25 heavy (non-hydrogen) atoms. The molecule has 1 aliphatic heterocycles. The minimum atomic E-state index is -0.109. The Bertz CT molecular complexity index is 1060. The molecule has 2 aromatic heterocycles. The first-order valence-corrected chi connectivity index (χ1v) is 8.57. The highest BCUT2D eigenvalue weighted by molar-refractivity contribution is 6.32. The third-order valence-corrected chi connectivity index (χ3v) is 5.41. The van der Waals surface area contributed by atoms with E-state index in [1.54, 1.807) is 12.3 Å². The maximum atomic E-state index is 13.1. The second kappa shape index (κ2) is 5.02. The lowest BCUT2D eigenvalue weighted by Gasteiger charge is -2.18. The van der Waals surface area contributed by atoms with E-state index in [9.17, 15) is 9.59 Å². The Kier molecular flexibility index (Phi) is 2.89. The number of aromatic nitrogens is 2. The summed E-state index contributed by atoms with van der Waals surface area (Å²) in [5.74, 6) is -0.213. The molecule has 2 aliphatic rings. The van der Waals surface area contributed by atoms with Crippen LogP contribution in [0.4, 0.5) is 5.69 Å². The highest BCUT2D eigenvalue weighted by atomic mass is 16.1. The summed E-state index contributed by atoms with van der Waals surface area (Å²) < 4.78 is 1.85. The highest BCUT2D eigenvalue weighted by Crippen LogP contribution is 2.36. The number of ketones is 2. The largest absolute Gasteiger partial charge is 0.372 e. The maximum absolute atomic E-state index is 13.1. The van der Waals surface area contributed by atoms with Crippen LogP contribution in [0.5, 0.6) is 0 Å². The van der Waals surface area contributed by atoms with E-state index >= 15 is 0 Å². The van der Waals surface area contributed by atoms with Crippen molar-refractivity contribution < 1.29 is 9.59 Å². The van der Waals surface area contributed by atoms with Crippen LogP contribution < -0.4 is 4.90 Å². The molecule has 1 fully saturated rings. The van der Waals surface area contributed by atoms with Gasteiger partial charge in [-0.3, -0.25) is 14.6 Å². The van der Waals surface area contributed by atoms with Gasteiger partial charge in [0.25, 0.3) is 0 Å². The fourth-order valence-electron chi connectivity index (χ4n) is 4.14. The highest BCUT2D eigenvalue weighted by Gasteiger charge is 2.35. The van der Waals surface area contributed by atoms with E-state index in [1.165, 1.54) is 19.0 Å². The Labute approximate surface area is 144 Å². The smallest absolute Gasteiger partial charge is 0.211 e. The number of hydrogen-bond donors (Lipinski definition) is 0. The molecule has 5 rings (SSSR count). The van der Waals surface area contributed by atoms with Gasteiger partial charge in [0.05, 0.1) is 11.1 Å². The summed E-state index contributed by atoms with van der Waals surface area (Å²) in [7, 11) is 1.86. The number of fused-ring (bicyclic) bond motifs is 4. The second-order valence-corrected chi connectivity index (χ2v) is 6.76. The summed E-state index contributed by atoms with van der Waals surface area (Å²) in [6.07, 6.45) is 5.45. The molecule has 124 valence electrons. The van der Waals surface area contributed by atoms with Gasteiger partial charge < -0.3 is 9.47 Å². The van der Waals surface area contributed by atoms with E-state index < -0.39 is 0 Å². The number of hydrogen-bond acceptors (Lipinski definition) is 4. The molecular formula is C20H17N3O2. The molecule has 3 aromatic rings. The predicted molar refractivity (Wildman–Crippen MR) is 95.5 cm³/mol. The maximum Gasteiger partial charge on any atom is 0.211 e. The quantitative estimate of drug-likeness (QED) is 0.538. The molecule has 0 radical (unpaired) electrons. The van der Waals surface area contributed by atoms with E-state index in [4.69, 9.17) is 0 Å². The Hall–Kier alpha value is -2.95. The van der Waals surface area contributed by atoms with Gasteiger partial charge in [0.15, 0.2) is 5.78 Å². The molecule has 1 aliphatic carbocycles. The minimum absolute atomic E-state index is 0.103. The molecule has 0 bridgehead atoms. The standard InChI is InChI=1S/C20H17N3O2/c1-22-16-5-4-12(23-8-2-3-9-23)10-14(16)17-18(22)20(25)13-6-7-21-11-15(13)19(17)24/h4-7,10-11H,2-3,8-9H2,1H3. The summed E-state index contributed by atoms with van der Waals surface area (Å²) in [6.45, 7) is 2.08. The van der Waals surface area contributed by atoms with Crippen LogP contribution in [0, 0.1) is 0 Å². The van der Waals surface area contributed by atoms with E-state index in [0.717, 1.165) is 29.7 Å². The molecule has 5 nitrogen and oxygen atoms in total. The summed E-state index contributed by atoms with van der Waals surface area (Å²) in [4.78, 5) is 32.4. The Balaban J connectivity index is 1.79. The molecule has 0 atom stereocenters. The number of carbonyl (C=O) groups excluding carboxylic acids is 2. The van der Waals surface area contributed by atoms with Gasteiger partial charge in [0, 0.05) is 54.7 Å². The number of rotatable bonds is 1. The first-order valence-electron chi connectivity index (χ1n) is 8.57. The van der Waals surface area contributed by atoms with Gasteiger partial charge in [-0.15, -0.1) is 0 Å². The van der Waals surface area contributed by atoms with Crippen LogP contribution in [0.3, 0.4) is 0 Å². The van der Waals surface area contributed by atoms with Crippen molar-refractivity contribution in [1.29, 1.82) is 0 Å². The van der Waals surface area contributed by atoms with Gasteiger partial charge in [-0.05, 0) is 37.1 Å². The number of aryl methyl sites for hydroxylation is 1. The topological polar surface area (TPSA) is 55.2 Å². The fourth-order valence-corrected chi connectivity index (χ4v) is 4.14. The lowest BCUT2D eigenvalue weighted by molar-refractivity contribution is 0.0975. The van der Waals surface area contributed by atoms with Crippen molar-refractivity contribution in [1.82, 2.24) is 9.55 Å². The minimum Gasteiger partial charge on any atom is -0.372 e. The van der Waals surface area contributed by atoms with Crippen molar-refractivity contribution >= 4 is 28.2 Å².